The SMILES string of the molecule is O=C(O)CC(C12C=CC(CC1)C2)S(=O)(=O)O. The minimum Gasteiger partial charge on any atom is -0.481 e. The fourth-order valence-corrected chi connectivity index (χ4v) is 4.19. The number of hydrogen-bond acceptors (Lipinski definition) is 3. The number of aliphatic carboxylic acids is 1. The molecular weight excluding hydrogens is 232 g/mol. The molecule has 0 saturated heterocycles. The lowest BCUT2D eigenvalue weighted by molar-refractivity contribution is -0.137. The smallest absolute Gasteiger partial charge is 0.304 e. The van der Waals surface area contributed by atoms with Crippen LogP contribution in [-0.2, 0) is 14.9 Å². The van der Waals surface area contributed by atoms with E-state index in [1.165, 1.54) is 0 Å². The molecule has 2 N–H and O–H groups in total. The van der Waals surface area contributed by atoms with Crippen molar-refractivity contribution in [2.24, 2.45) is 11.3 Å². The van der Waals surface area contributed by atoms with Crippen molar-refractivity contribution >= 4 is 16.1 Å². The van der Waals surface area contributed by atoms with E-state index in [0.29, 0.717) is 18.8 Å². The van der Waals surface area contributed by atoms with E-state index in [-0.39, 0.29) is 0 Å². The van der Waals surface area contributed by atoms with E-state index < -0.39 is 33.2 Å². The molecule has 5 nitrogen and oxygen atoms in total. The second-order valence-corrected chi connectivity index (χ2v) is 6.30. The average molecular weight is 246 g/mol. The number of rotatable bonds is 4. The third-order valence-corrected chi connectivity index (χ3v) is 5.04. The van der Waals surface area contributed by atoms with Crippen molar-refractivity contribution in [1.29, 1.82) is 0 Å². The Bertz CT molecular complexity index is 438. The first-order chi connectivity index (χ1) is 7.33. The van der Waals surface area contributed by atoms with Crippen LogP contribution in [0.15, 0.2) is 12.2 Å². The van der Waals surface area contributed by atoms with Gasteiger partial charge in [-0.05, 0) is 25.2 Å². The Kier molecular flexibility index (Phi) is 2.58. The second kappa shape index (κ2) is 3.56. The summed E-state index contributed by atoms with van der Waals surface area (Å²) in [5.74, 6) is -0.848. The Hall–Kier alpha value is -0.880. The molecule has 1 fully saturated rings. The molecule has 0 aromatic rings. The molecule has 3 unspecified atom stereocenters. The van der Waals surface area contributed by atoms with Gasteiger partial charge in [0.05, 0.1) is 6.42 Å². The van der Waals surface area contributed by atoms with Crippen LogP contribution in [0.1, 0.15) is 25.7 Å². The molecule has 2 aliphatic rings. The van der Waals surface area contributed by atoms with Gasteiger partial charge in [-0.25, -0.2) is 0 Å². The highest BCUT2D eigenvalue weighted by atomic mass is 32.2. The lowest BCUT2D eigenvalue weighted by Crippen LogP contribution is -2.38. The molecular formula is C10H14O5S. The highest BCUT2D eigenvalue weighted by Gasteiger charge is 2.51. The Labute approximate surface area is 93.9 Å². The van der Waals surface area contributed by atoms with Crippen LogP contribution < -0.4 is 0 Å². The molecule has 16 heavy (non-hydrogen) atoms. The van der Waals surface area contributed by atoms with Gasteiger partial charge >= 0.3 is 5.97 Å². The molecule has 3 atom stereocenters. The fraction of sp³-hybridized carbons (Fsp3) is 0.700. The van der Waals surface area contributed by atoms with E-state index in [0.717, 1.165) is 6.42 Å². The maximum Gasteiger partial charge on any atom is 0.304 e. The van der Waals surface area contributed by atoms with Crippen LogP contribution in [0.3, 0.4) is 0 Å². The molecule has 0 radical (unpaired) electrons. The summed E-state index contributed by atoms with van der Waals surface area (Å²) in [4.78, 5) is 10.7. The quantitative estimate of drug-likeness (QED) is 0.572. The highest BCUT2D eigenvalue weighted by Crippen LogP contribution is 2.53. The van der Waals surface area contributed by atoms with Crippen LogP contribution in [0, 0.1) is 11.3 Å². The van der Waals surface area contributed by atoms with E-state index in [4.69, 9.17) is 5.11 Å². The minimum atomic E-state index is -4.32. The van der Waals surface area contributed by atoms with Gasteiger partial charge in [-0.2, -0.15) is 8.42 Å². The first-order valence-electron chi connectivity index (χ1n) is 5.21. The van der Waals surface area contributed by atoms with E-state index in [1.807, 2.05) is 6.08 Å². The summed E-state index contributed by atoms with van der Waals surface area (Å²) in [6, 6.07) is 0. The third-order valence-electron chi connectivity index (χ3n) is 3.68. The van der Waals surface area contributed by atoms with Crippen molar-refractivity contribution in [1.82, 2.24) is 0 Å². The summed E-state index contributed by atoms with van der Waals surface area (Å²) < 4.78 is 31.8. The van der Waals surface area contributed by atoms with Gasteiger partial charge in [-0.1, -0.05) is 12.2 Å². The maximum atomic E-state index is 11.3. The van der Waals surface area contributed by atoms with Crippen LogP contribution in [0.25, 0.3) is 0 Å². The molecule has 2 rings (SSSR count). The van der Waals surface area contributed by atoms with Gasteiger partial charge in [0.25, 0.3) is 10.1 Å². The van der Waals surface area contributed by atoms with E-state index in [1.54, 1.807) is 6.08 Å². The van der Waals surface area contributed by atoms with Crippen molar-refractivity contribution in [2.75, 3.05) is 0 Å². The van der Waals surface area contributed by atoms with Gasteiger partial charge in [0.15, 0.2) is 0 Å². The predicted octanol–water partition coefficient (Wildman–Crippen LogP) is 1.07. The van der Waals surface area contributed by atoms with Crippen molar-refractivity contribution in [3.8, 4) is 0 Å². The van der Waals surface area contributed by atoms with Crippen LogP contribution in [0.4, 0.5) is 0 Å². The average Bonchev–Trinajstić information content (AvgIpc) is 2.72. The minimum absolute atomic E-state index is 0.345. The molecule has 6 heteroatoms. The number of fused-ring (bicyclic) bond motifs is 2. The number of carboxylic acids is 1. The van der Waals surface area contributed by atoms with E-state index in [2.05, 4.69) is 0 Å². The number of carboxylic acid groups (broad SMARTS) is 1. The Morgan fingerprint density at radius 3 is 2.56 bits per heavy atom. The first-order valence-corrected chi connectivity index (χ1v) is 6.71. The van der Waals surface area contributed by atoms with Crippen LogP contribution >= 0.6 is 0 Å². The summed E-state index contributed by atoms with van der Waals surface area (Å²) in [6.45, 7) is 0. The van der Waals surface area contributed by atoms with Gasteiger partial charge in [-0.3, -0.25) is 9.35 Å². The maximum absolute atomic E-state index is 11.3. The topological polar surface area (TPSA) is 91.7 Å². The van der Waals surface area contributed by atoms with Gasteiger partial charge in [-0.15, -0.1) is 0 Å². The van der Waals surface area contributed by atoms with Crippen LogP contribution in [-0.4, -0.2) is 29.3 Å². The molecule has 0 amide bonds. The highest BCUT2D eigenvalue weighted by molar-refractivity contribution is 7.86. The van der Waals surface area contributed by atoms with Crippen molar-refractivity contribution in [3.05, 3.63) is 12.2 Å². The number of allylic oxidation sites excluding steroid dienone is 2. The van der Waals surface area contributed by atoms with Gasteiger partial charge in [0.1, 0.15) is 5.25 Å². The fourth-order valence-electron chi connectivity index (χ4n) is 2.95. The normalized spacial score (nSPS) is 34.2. The van der Waals surface area contributed by atoms with Crippen molar-refractivity contribution in [3.63, 3.8) is 0 Å². The lowest BCUT2D eigenvalue weighted by atomic mass is 9.82. The number of hydrogen-bond donors (Lipinski definition) is 2. The van der Waals surface area contributed by atoms with Crippen LogP contribution in [0.5, 0.6) is 0 Å². The molecule has 2 bridgehead atoms. The largest absolute Gasteiger partial charge is 0.481 e. The second-order valence-electron chi connectivity index (χ2n) is 4.70. The standard InChI is InChI=1S/C10H14O5S/c11-9(12)5-8(16(13,14)15)10-3-1-7(6-10)2-4-10/h1,3,7-8H,2,4-6H2,(H,11,12)(H,13,14,15). The van der Waals surface area contributed by atoms with Crippen molar-refractivity contribution in [2.45, 2.75) is 30.9 Å². The van der Waals surface area contributed by atoms with Crippen molar-refractivity contribution < 1.29 is 22.9 Å². The first kappa shape index (κ1) is 11.6. The Morgan fingerprint density at radius 2 is 2.25 bits per heavy atom. The summed E-state index contributed by atoms with van der Waals surface area (Å²) in [7, 11) is -4.32. The Morgan fingerprint density at radius 1 is 1.56 bits per heavy atom. The zero-order valence-corrected chi connectivity index (χ0v) is 9.48. The molecule has 0 aromatic heterocycles. The predicted molar refractivity (Wildman–Crippen MR) is 56.5 cm³/mol. The van der Waals surface area contributed by atoms with Crippen LogP contribution in [0.2, 0.25) is 0 Å². The number of carbonyl (C=O) groups is 1. The summed E-state index contributed by atoms with van der Waals surface area (Å²) in [5, 5.41) is 7.52. The summed E-state index contributed by atoms with van der Waals surface area (Å²) in [6.07, 6.45) is 5.35. The molecule has 0 spiro atoms. The van der Waals surface area contributed by atoms with Gasteiger partial charge in [0, 0.05) is 5.41 Å². The molecule has 2 aliphatic carbocycles. The molecule has 0 aliphatic heterocycles. The van der Waals surface area contributed by atoms with Gasteiger partial charge in [0.2, 0.25) is 0 Å². The molecule has 0 aromatic carbocycles. The monoisotopic (exact) mass is 246 g/mol. The van der Waals surface area contributed by atoms with E-state index >= 15 is 0 Å². The lowest BCUT2D eigenvalue weighted by Gasteiger charge is -2.30. The summed E-state index contributed by atoms with van der Waals surface area (Å²) in [5.41, 5.74) is -0.656. The molecule has 90 valence electrons. The van der Waals surface area contributed by atoms with E-state index in [9.17, 15) is 17.8 Å². The van der Waals surface area contributed by atoms with Gasteiger partial charge < -0.3 is 5.11 Å². The zero-order chi connectivity index (χ0) is 12.0. The Balaban J connectivity index is 2.33. The third kappa shape index (κ3) is 1.87. The molecule has 1 saturated carbocycles. The zero-order valence-electron chi connectivity index (χ0n) is 8.67. The summed E-state index contributed by atoms with van der Waals surface area (Å²) >= 11 is 0. The molecule has 0 heterocycles.